The van der Waals surface area contributed by atoms with Crippen molar-refractivity contribution in [2.75, 3.05) is 12.3 Å². The highest BCUT2D eigenvalue weighted by molar-refractivity contribution is 8.00. The van der Waals surface area contributed by atoms with Crippen molar-refractivity contribution in [3.05, 3.63) is 22.9 Å². The molecule has 4 nitrogen and oxygen atoms in total. The van der Waals surface area contributed by atoms with Crippen molar-refractivity contribution < 1.29 is 4.79 Å². The van der Waals surface area contributed by atoms with E-state index in [0.717, 1.165) is 11.3 Å². The number of aromatic nitrogens is 1. The van der Waals surface area contributed by atoms with Crippen molar-refractivity contribution in [2.24, 2.45) is 5.92 Å². The van der Waals surface area contributed by atoms with Gasteiger partial charge in [-0.1, -0.05) is 25.6 Å². The number of thioether (sulfide) groups is 1. The smallest absolute Gasteiger partial charge is 0.230 e. The number of hydrogen-bond donors (Lipinski definition) is 1. The minimum atomic E-state index is -0.0245. The quantitative estimate of drug-likeness (QED) is 0.839. The Bertz CT molecular complexity index is 506. The van der Waals surface area contributed by atoms with E-state index in [9.17, 15) is 4.79 Å². The number of rotatable bonds is 5. The fraction of sp³-hybridized carbons (Fsp3) is 0.500. The van der Waals surface area contributed by atoms with E-state index in [1.54, 1.807) is 0 Å². The molecule has 0 spiro atoms. The zero-order valence-corrected chi connectivity index (χ0v) is 12.6. The first-order valence-corrected chi connectivity index (χ1v) is 7.20. The van der Waals surface area contributed by atoms with E-state index in [0.29, 0.717) is 23.1 Å². The molecule has 0 aliphatic rings. The van der Waals surface area contributed by atoms with Gasteiger partial charge in [-0.3, -0.25) is 4.79 Å². The van der Waals surface area contributed by atoms with E-state index in [4.69, 9.17) is 5.26 Å². The van der Waals surface area contributed by atoms with Gasteiger partial charge >= 0.3 is 0 Å². The Labute approximate surface area is 118 Å². The van der Waals surface area contributed by atoms with Crippen LogP contribution in [0.1, 0.15) is 30.7 Å². The Hall–Kier alpha value is -1.54. The number of aryl methyl sites for hydroxylation is 2. The third kappa shape index (κ3) is 4.92. The second-order valence-electron chi connectivity index (χ2n) is 4.86. The predicted molar refractivity (Wildman–Crippen MR) is 77.0 cm³/mol. The van der Waals surface area contributed by atoms with Crippen molar-refractivity contribution in [2.45, 2.75) is 32.7 Å². The van der Waals surface area contributed by atoms with Gasteiger partial charge in [-0.05, 0) is 31.4 Å². The molecule has 0 saturated heterocycles. The molecule has 0 bridgehead atoms. The number of amides is 1. The number of carbonyl (C=O) groups is 1. The van der Waals surface area contributed by atoms with Crippen LogP contribution >= 0.6 is 11.8 Å². The van der Waals surface area contributed by atoms with Crippen LogP contribution in [-0.4, -0.2) is 23.2 Å². The molecule has 1 rings (SSSR count). The van der Waals surface area contributed by atoms with Gasteiger partial charge in [0.05, 0.1) is 11.3 Å². The first kappa shape index (κ1) is 15.5. The lowest BCUT2D eigenvalue weighted by atomic mass is 10.1. The number of nitrogens with one attached hydrogen (secondary N) is 1. The summed E-state index contributed by atoms with van der Waals surface area (Å²) in [6.45, 7) is 8.54. The molecular formula is C14H19N3OS. The topological polar surface area (TPSA) is 65.8 Å². The Kier molecular flexibility index (Phi) is 5.84. The van der Waals surface area contributed by atoms with Crippen molar-refractivity contribution in [3.8, 4) is 6.07 Å². The fourth-order valence-electron chi connectivity index (χ4n) is 1.55. The fourth-order valence-corrected chi connectivity index (χ4v) is 2.48. The molecule has 0 aliphatic carbocycles. The van der Waals surface area contributed by atoms with Gasteiger partial charge < -0.3 is 5.32 Å². The standard InChI is InChI=1S/C14H19N3OS/c1-9(2)7-16-13(18)8-19-14-12(6-15)10(3)5-11(4)17-14/h5,9H,7-8H2,1-4H3,(H,16,18). The molecule has 1 aromatic heterocycles. The second kappa shape index (κ2) is 7.15. The predicted octanol–water partition coefficient (Wildman–Crippen LogP) is 2.43. The van der Waals surface area contributed by atoms with Crippen LogP contribution in [0.15, 0.2) is 11.1 Å². The van der Waals surface area contributed by atoms with Gasteiger partial charge in [0, 0.05) is 12.2 Å². The van der Waals surface area contributed by atoms with Gasteiger partial charge in [0.15, 0.2) is 0 Å². The number of carbonyl (C=O) groups excluding carboxylic acids is 1. The molecule has 102 valence electrons. The zero-order valence-electron chi connectivity index (χ0n) is 11.8. The summed E-state index contributed by atoms with van der Waals surface area (Å²) in [5.74, 6) is 0.698. The van der Waals surface area contributed by atoms with Gasteiger partial charge in [0.25, 0.3) is 0 Å². The molecular weight excluding hydrogens is 258 g/mol. The molecule has 1 heterocycles. The Morgan fingerprint density at radius 2 is 2.21 bits per heavy atom. The Morgan fingerprint density at radius 3 is 2.79 bits per heavy atom. The van der Waals surface area contributed by atoms with Crippen molar-refractivity contribution >= 4 is 17.7 Å². The summed E-state index contributed by atoms with van der Waals surface area (Å²) < 4.78 is 0. The maximum Gasteiger partial charge on any atom is 0.230 e. The maximum absolute atomic E-state index is 11.6. The van der Waals surface area contributed by atoms with Gasteiger partial charge in [-0.25, -0.2) is 4.98 Å². The van der Waals surface area contributed by atoms with Gasteiger partial charge in [0.2, 0.25) is 5.91 Å². The average molecular weight is 277 g/mol. The highest BCUT2D eigenvalue weighted by Gasteiger charge is 2.11. The van der Waals surface area contributed by atoms with Gasteiger partial charge in [-0.15, -0.1) is 0 Å². The normalized spacial score (nSPS) is 10.3. The van der Waals surface area contributed by atoms with Crippen LogP contribution in [0.2, 0.25) is 0 Å². The Morgan fingerprint density at radius 1 is 1.53 bits per heavy atom. The van der Waals surface area contributed by atoms with Crippen molar-refractivity contribution in [1.29, 1.82) is 5.26 Å². The van der Waals surface area contributed by atoms with E-state index < -0.39 is 0 Å². The van der Waals surface area contributed by atoms with Crippen LogP contribution in [0, 0.1) is 31.1 Å². The molecule has 0 fully saturated rings. The lowest BCUT2D eigenvalue weighted by molar-refractivity contribution is -0.118. The molecule has 1 N–H and O–H groups in total. The molecule has 0 aliphatic heterocycles. The van der Waals surface area contributed by atoms with Gasteiger partial charge in [0.1, 0.15) is 11.1 Å². The van der Waals surface area contributed by atoms with Crippen LogP contribution in [0.4, 0.5) is 0 Å². The molecule has 0 atom stereocenters. The number of nitrogens with zero attached hydrogens (tertiary/aromatic N) is 2. The summed E-state index contributed by atoms with van der Waals surface area (Å²) >= 11 is 1.31. The summed E-state index contributed by atoms with van der Waals surface area (Å²) in [6.07, 6.45) is 0. The van der Waals surface area contributed by atoms with E-state index in [1.165, 1.54) is 11.8 Å². The summed E-state index contributed by atoms with van der Waals surface area (Å²) in [5, 5.41) is 12.6. The molecule has 5 heteroatoms. The molecule has 0 aromatic carbocycles. The summed E-state index contributed by atoms with van der Waals surface area (Å²) in [6, 6.07) is 4.03. The molecule has 0 radical (unpaired) electrons. The third-order valence-electron chi connectivity index (χ3n) is 2.47. The molecule has 1 amide bonds. The highest BCUT2D eigenvalue weighted by atomic mass is 32.2. The summed E-state index contributed by atoms with van der Waals surface area (Å²) in [7, 11) is 0. The van der Waals surface area contributed by atoms with E-state index in [1.807, 2.05) is 33.8 Å². The number of nitriles is 1. The summed E-state index contributed by atoms with van der Waals surface area (Å²) in [5.41, 5.74) is 2.33. The minimum absolute atomic E-state index is 0.0245. The van der Waals surface area contributed by atoms with Crippen LogP contribution in [-0.2, 0) is 4.79 Å². The number of hydrogen-bond acceptors (Lipinski definition) is 4. The Balaban J connectivity index is 2.68. The van der Waals surface area contributed by atoms with Crippen molar-refractivity contribution in [3.63, 3.8) is 0 Å². The first-order chi connectivity index (χ1) is 8.93. The highest BCUT2D eigenvalue weighted by Crippen LogP contribution is 2.23. The van der Waals surface area contributed by atoms with Gasteiger partial charge in [-0.2, -0.15) is 5.26 Å². The molecule has 1 aromatic rings. The minimum Gasteiger partial charge on any atom is -0.355 e. The molecule has 0 unspecified atom stereocenters. The lowest BCUT2D eigenvalue weighted by Crippen LogP contribution is -2.28. The average Bonchev–Trinajstić information content (AvgIpc) is 2.33. The largest absolute Gasteiger partial charge is 0.355 e. The molecule has 0 saturated carbocycles. The SMILES string of the molecule is Cc1cc(C)c(C#N)c(SCC(=O)NCC(C)C)n1. The second-order valence-corrected chi connectivity index (χ2v) is 5.82. The third-order valence-corrected chi connectivity index (χ3v) is 3.45. The first-order valence-electron chi connectivity index (χ1n) is 6.22. The lowest BCUT2D eigenvalue weighted by Gasteiger charge is -2.09. The maximum atomic E-state index is 11.6. The van der Waals surface area contributed by atoms with Crippen LogP contribution in [0.5, 0.6) is 0 Å². The number of pyridine rings is 1. The van der Waals surface area contributed by atoms with Crippen LogP contribution in [0.25, 0.3) is 0 Å². The van der Waals surface area contributed by atoms with Crippen LogP contribution < -0.4 is 5.32 Å². The van der Waals surface area contributed by atoms with Crippen molar-refractivity contribution in [1.82, 2.24) is 10.3 Å². The van der Waals surface area contributed by atoms with E-state index in [-0.39, 0.29) is 11.7 Å². The van der Waals surface area contributed by atoms with E-state index >= 15 is 0 Å². The summed E-state index contributed by atoms with van der Waals surface area (Å²) in [4.78, 5) is 16.0. The molecule has 19 heavy (non-hydrogen) atoms. The monoisotopic (exact) mass is 277 g/mol. The zero-order chi connectivity index (χ0) is 14.4. The van der Waals surface area contributed by atoms with E-state index in [2.05, 4.69) is 16.4 Å². The van der Waals surface area contributed by atoms with Crippen LogP contribution in [0.3, 0.4) is 0 Å².